The van der Waals surface area contributed by atoms with E-state index in [2.05, 4.69) is 10.6 Å². The standard InChI is InChI=1S/C22H13ClF3N3O3/c23-19-9-6-15(11-18(19)22(24,25)26)29-21(31)20(30)28-14-2-1-3-17(10-14)32-16-7-4-13(12-27)5-8-16/h1-11H,(H,28,30)(H,29,31). The average molecular weight is 460 g/mol. The predicted octanol–water partition coefficient (Wildman–Crippen LogP) is 5.60. The first-order chi connectivity index (χ1) is 15.2. The van der Waals surface area contributed by atoms with Crippen LogP contribution in [0, 0.1) is 11.3 Å². The van der Waals surface area contributed by atoms with Crippen LogP contribution in [0.3, 0.4) is 0 Å². The van der Waals surface area contributed by atoms with Gasteiger partial charge in [-0.1, -0.05) is 17.7 Å². The van der Waals surface area contributed by atoms with E-state index in [0.29, 0.717) is 23.1 Å². The van der Waals surface area contributed by atoms with Crippen LogP contribution >= 0.6 is 11.6 Å². The maximum Gasteiger partial charge on any atom is 0.417 e. The quantitative estimate of drug-likeness (QED) is 0.497. The van der Waals surface area contributed by atoms with Crippen LogP contribution in [-0.2, 0) is 15.8 Å². The van der Waals surface area contributed by atoms with Crippen molar-refractivity contribution in [3.05, 3.63) is 82.9 Å². The highest BCUT2D eigenvalue weighted by atomic mass is 35.5. The summed E-state index contributed by atoms with van der Waals surface area (Å²) in [5.74, 6) is -1.46. The smallest absolute Gasteiger partial charge is 0.417 e. The van der Waals surface area contributed by atoms with E-state index in [1.807, 2.05) is 6.07 Å². The average Bonchev–Trinajstić information content (AvgIpc) is 2.75. The van der Waals surface area contributed by atoms with E-state index in [1.54, 1.807) is 36.4 Å². The fraction of sp³-hybridized carbons (Fsp3) is 0.0455. The first-order valence-electron chi connectivity index (χ1n) is 8.93. The molecular weight excluding hydrogens is 447 g/mol. The van der Waals surface area contributed by atoms with E-state index >= 15 is 0 Å². The van der Waals surface area contributed by atoms with Gasteiger partial charge in [0.1, 0.15) is 11.5 Å². The lowest BCUT2D eigenvalue weighted by Gasteiger charge is -2.12. The van der Waals surface area contributed by atoms with Gasteiger partial charge in [-0.05, 0) is 54.6 Å². The predicted molar refractivity (Wildman–Crippen MR) is 111 cm³/mol. The van der Waals surface area contributed by atoms with Gasteiger partial charge in [0.2, 0.25) is 0 Å². The third-order valence-corrected chi connectivity index (χ3v) is 4.38. The Balaban J connectivity index is 1.66. The second-order valence-electron chi connectivity index (χ2n) is 6.37. The van der Waals surface area contributed by atoms with Crippen LogP contribution in [0.2, 0.25) is 5.02 Å². The summed E-state index contributed by atoms with van der Waals surface area (Å²) in [5.41, 5.74) is -0.680. The van der Waals surface area contributed by atoms with Gasteiger partial charge in [-0.3, -0.25) is 9.59 Å². The van der Waals surface area contributed by atoms with E-state index in [1.165, 1.54) is 12.1 Å². The van der Waals surface area contributed by atoms with E-state index in [9.17, 15) is 22.8 Å². The van der Waals surface area contributed by atoms with Crippen LogP contribution in [0.4, 0.5) is 24.5 Å². The Morgan fingerprint density at radius 2 is 1.50 bits per heavy atom. The lowest BCUT2D eigenvalue weighted by atomic mass is 10.2. The van der Waals surface area contributed by atoms with Crippen molar-refractivity contribution in [2.24, 2.45) is 0 Å². The molecule has 162 valence electrons. The van der Waals surface area contributed by atoms with Gasteiger partial charge in [-0.2, -0.15) is 18.4 Å². The SMILES string of the molecule is N#Cc1ccc(Oc2cccc(NC(=O)C(=O)Nc3ccc(Cl)c(C(F)(F)F)c3)c2)cc1. The lowest BCUT2D eigenvalue weighted by Crippen LogP contribution is -2.29. The fourth-order valence-electron chi connectivity index (χ4n) is 2.57. The number of ether oxygens (including phenoxy) is 1. The van der Waals surface area contributed by atoms with Gasteiger partial charge >= 0.3 is 18.0 Å². The van der Waals surface area contributed by atoms with Gasteiger partial charge in [0.05, 0.1) is 22.2 Å². The van der Waals surface area contributed by atoms with Crippen molar-refractivity contribution in [2.75, 3.05) is 10.6 Å². The van der Waals surface area contributed by atoms with Crippen LogP contribution < -0.4 is 15.4 Å². The molecule has 0 unspecified atom stereocenters. The number of nitriles is 1. The molecule has 2 amide bonds. The highest BCUT2D eigenvalue weighted by molar-refractivity contribution is 6.43. The molecule has 0 aliphatic carbocycles. The Hall–Kier alpha value is -4.03. The summed E-state index contributed by atoms with van der Waals surface area (Å²) in [6.45, 7) is 0. The number of carbonyl (C=O) groups excluding carboxylic acids is 2. The number of halogens is 4. The molecule has 3 rings (SSSR count). The molecule has 6 nitrogen and oxygen atoms in total. The molecule has 10 heteroatoms. The van der Waals surface area contributed by atoms with Crippen LogP contribution in [0.5, 0.6) is 11.5 Å². The number of nitrogens with zero attached hydrogens (tertiary/aromatic N) is 1. The van der Waals surface area contributed by atoms with Gasteiger partial charge in [0.15, 0.2) is 0 Å². The molecule has 2 N–H and O–H groups in total. The van der Waals surface area contributed by atoms with Gasteiger partial charge in [-0.15, -0.1) is 0 Å². The minimum Gasteiger partial charge on any atom is -0.457 e. The van der Waals surface area contributed by atoms with Crippen molar-refractivity contribution in [1.82, 2.24) is 0 Å². The summed E-state index contributed by atoms with van der Waals surface area (Å²) in [7, 11) is 0. The normalized spacial score (nSPS) is 10.7. The largest absolute Gasteiger partial charge is 0.457 e. The number of hydrogen-bond acceptors (Lipinski definition) is 4. The molecule has 0 saturated carbocycles. The maximum absolute atomic E-state index is 12.9. The van der Waals surface area contributed by atoms with E-state index < -0.39 is 28.6 Å². The third kappa shape index (κ3) is 5.77. The molecule has 0 bridgehead atoms. The van der Waals surface area contributed by atoms with Crippen molar-refractivity contribution in [1.29, 1.82) is 5.26 Å². The van der Waals surface area contributed by atoms with Gasteiger partial charge in [0.25, 0.3) is 0 Å². The van der Waals surface area contributed by atoms with Crippen LogP contribution in [0.25, 0.3) is 0 Å². The summed E-state index contributed by atoms with van der Waals surface area (Å²) in [6, 6.07) is 17.2. The fourth-order valence-corrected chi connectivity index (χ4v) is 2.79. The van der Waals surface area contributed by atoms with Crippen molar-refractivity contribution in [3.8, 4) is 17.6 Å². The number of carbonyl (C=O) groups is 2. The zero-order valence-electron chi connectivity index (χ0n) is 16.0. The van der Waals surface area contributed by atoms with E-state index in [4.69, 9.17) is 21.6 Å². The molecule has 3 aromatic rings. The molecule has 0 aromatic heterocycles. The molecule has 32 heavy (non-hydrogen) atoms. The maximum atomic E-state index is 12.9. The number of benzene rings is 3. The zero-order valence-corrected chi connectivity index (χ0v) is 16.8. The summed E-state index contributed by atoms with van der Waals surface area (Å²) in [5, 5.41) is 12.7. The highest BCUT2D eigenvalue weighted by Crippen LogP contribution is 2.36. The van der Waals surface area contributed by atoms with E-state index in [0.717, 1.165) is 12.1 Å². The molecule has 3 aromatic carbocycles. The number of anilines is 2. The van der Waals surface area contributed by atoms with E-state index in [-0.39, 0.29) is 11.4 Å². The molecule has 0 radical (unpaired) electrons. The van der Waals surface area contributed by atoms with Gasteiger partial charge in [0, 0.05) is 17.4 Å². The molecule has 0 spiro atoms. The van der Waals surface area contributed by atoms with Gasteiger partial charge in [-0.25, -0.2) is 0 Å². The first kappa shape index (κ1) is 22.7. The van der Waals surface area contributed by atoms with Crippen molar-refractivity contribution < 1.29 is 27.5 Å². The van der Waals surface area contributed by atoms with Crippen molar-refractivity contribution >= 4 is 34.8 Å². The summed E-state index contributed by atoms with van der Waals surface area (Å²) < 4.78 is 44.5. The summed E-state index contributed by atoms with van der Waals surface area (Å²) in [4.78, 5) is 24.3. The Labute approximate surface area is 185 Å². The topological polar surface area (TPSA) is 91.2 Å². The van der Waals surface area contributed by atoms with Crippen molar-refractivity contribution in [3.63, 3.8) is 0 Å². The Morgan fingerprint density at radius 1 is 0.875 bits per heavy atom. The zero-order chi connectivity index (χ0) is 23.3. The van der Waals surface area contributed by atoms with Crippen LogP contribution in [0.1, 0.15) is 11.1 Å². The molecule has 0 heterocycles. The van der Waals surface area contributed by atoms with Gasteiger partial charge < -0.3 is 15.4 Å². The molecular formula is C22H13ClF3N3O3. The summed E-state index contributed by atoms with van der Waals surface area (Å²) in [6.07, 6.45) is -4.71. The second-order valence-corrected chi connectivity index (χ2v) is 6.77. The number of amides is 2. The molecule has 0 atom stereocenters. The second kappa shape index (κ2) is 9.41. The van der Waals surface area contributed by atoms with Crippen LogP contribution in [0.15, 0.2) is 66.7 Å². The molecule has 0 aliphatic rings. The number of hydrogen-bond donors (Lipinski definition) is 2. The molecule has 0 saturated heterocycles. The third-order valence-electron chi connectivity index (χ3n) is 4.05. The molecule has 0 fully saturated rings. The summed E-state index contributed by atoms with van der Waals surface area (Å²) >= 11 is 5.54. The number of alkyl halides is 3. The number of nitrogens with one attached hydrogen (secondary N) is 2. The Kier molecular flexibility index (Phi) is 6.66. The minimum atomic E-state index is -4.71. The first-order valence-corrected chi connectivity index (χ1v) is 9.30. The highest BCUT2D eigenvalue weighted by Gasteiger charge is 2.33. The van der Waals surface area contributed by atoms with Crippen molar-refractivity contribution in [2.45, 2.75) is 6.18 Å². The monoisotopic (exact) mass is 459 g/mol. The number of rotatable bonds is 4. The minimum absolute atomic E-state index is 0.225. The molecule has 0 aliphatic heterocycles. The Morgan fingerprint density at radius 3 is 2.09 bits per heavy atom. The Bertz CT molecular complexity index is 1210. The van der Waals surface area contributed by atoms with Crippen LogP contribution in [-0.4, -0.2) is 11.8 Å². The lowest BCUT2D eigenvalue weighted by molar-refractivity contribution is -0.137.